The van der Waals surface area contributed by atoms with Gasteiger partial charge in [-0.1, -0.05) is 110 Å². The molecule has 2 heteroatoms. The minimum absolute atomic E-state index is 0.384. The summed E-state index contributed by atoms with van der Waals surface area (Å²) in [6.07, 6.45) is 0. The highest BCUT2D eigenvalue weighted by Crippen LogP contribution is 2.53. The molecule has 0 aliphatic heterocycles. The van der Waals surface area contributed by atoms with Gasteiger partial charge in [-0.15, -0.1) is 0 Å². The van der Waals surface area contributed by atoms with Crippen molar-refractivity contribution >= 4 is 47.2 Å². The van der Waals surface area contributed by atoms with Crippen molar-refractivity contribution in [1.82, 2.24) is 0 Å². The van der Waals surface area contributed by atoms with Gasteiger partial charge in [-0.25, -0.2) is 0 Å². The number of benzene rings is 6. The summed E-state index contributed by atoms with van der Waals surface area (Å²) in [5.41, 5.74) is 7.66. The van der Waals surface area contributed by atoms with Crippen LogP contribution in [0.1, 0.15) is 18.1 Å². The highest BCUT2D eigenvalue weighted by Gasteiger charge is 2.37. The lowest BCUT2D eigenvalue weighted by Gasteiger charge is -2.39. The molecule has 0 bridgehead atoms. The van der Waals surface area contributed by atoms with Crippen LogP contribution in [0.15, 0.2) is 109 Å². The van der Waals surface area contributed by atoms with Crippen molar-refractivity contribution in [3.05, 3.63) is 120 Å². The lowest BCUT2D eigenvalue weighted by atomic mass is 9.34. The van der Waals surface area contributed by atoms with Crippen molar-refractivity contribution in [1.29, 1.82) is 0 Å². The molecule has 0 fully saturated rings. The summed E-state index contributed by atoms with van der Waals surface area (Å²) in [7, 11) is 8.35. The SMILES string of the molecule is [B][B]C1(C)c2ccccc2-c2cccc3c(-c4ccc5ccccc5c4)c4ccccc4c1c23. The van der Waals surface area contributed by atoms with Crippen molar-refractivity contribution in [2.45, 2.75) is 12.2 Å². The Kier molecular flexibility index (Phi) is 4.12. The van der Waals surface area contributed by atoms with E-state index < -0.39 is 0 Å². The van der Waals surface area contributed by atoms with E-state index in [4.69, 9.17) is 7.74 Å². The second-order valence-electron chi connectivity index (χ2n) is 9.50. The number of hydrogen-bond acceptors (Lipinski definition) is 0. The molecule has 0 amide bonds. The molecule has 34 heavy (non-hydrogen) atoms. The van der Waals surface area contributed by atoms with Crippen LogP contribution in [0.2, 0.25) is 0 Å². The smallest absolute Gasteiger partial charge is 0.0619 e. The van der Waals surface area contributed by atoms with Crippen LogP contribution in [0.3, 0.4) is 0 Å². The van der Waals surface area contributed by atoms with Crippen LogP contribution in [0.25, 0.3) is 54.6 Å². The largest absolute Gasteiger partial charge is 0.0747 e. The highest BCUT2D eigenvalue weighted by molar-refractivity contribution is 6.91. The first kappa shape index (κ1) is 19.7. The van der Waals surface area contributed by atoms with Crippen LogP contribution in [0.4, 0.5) is 0 Å². The van der Waals surface area contributed by atoms with Gasteiger partial charge in [0.25, 0.3) is 0 Å². The van der Waals surface area contributed by atoms with Gasteiger partial charge in [0, 0.05) is 7.74 Å². The van der Waals surface area contributed by atoms with Gasteiger partial charge in [-0.05, 0) is 77.1 Å². The molecule has 3 radical (unpaired) electrons. The van der Waals surface area contributed by atoms with Crippen LogP contribution in [0.5, 0.6) is 0 Å². The standard InChI is InChI=1S/C32H21B2/c1-32(34-33)28-16-7-6-11-23(28)24-14-8-15-27-29(22-18-17-20-9-2-3-10-21(20)19-22)25-12-4-5-13-26(25)31(32)30(24)27/h2-19H,1H3. The maximum atomic E-state index is 6.46. The van der Waals surface area contributed by atoms with Crippen molar-refractivity contribution in [3.8, 4) is 22.3 Å². The molecular formula is C32H21B2. The highest BCUT2D eigenvalue weighted by atomic mass is 14.4. The van der Waals surface area contributed by atoms with Gasteiger partial charge >= 0.3 is 0 Å². The first-order chi connectivity index (χ1) is 16.7. The van der Waals surface area contributed by atoms with Crippen LogP contribution in [0, 0.1) is 0 Å². The van der Waals surface area contributed by atoms with Gasteiger partial charge in [0.2, 0.25) is 0 Å². The molecule has 7 rings (SSSR count). The Morgan fingerprint density at radius 3 is 2.15 bits per heavy atom. The van der Waals surface area contributed by atoms with Crippen molar-refractivity contribution in [2.24, 2.45) is 0 Å². The normalized spacial score (nSPS) is 16.6. The average molecular weight is 427 g/mol. The topological polar surface area (TPSA) is 0 Å². The van der Waals surface area contributed by atoms with E-state index in [0.717, 1.165) is 0 Å². The quantitative estimate of drug-likeness (QED) is 0.195. The van der Waals surface area contributed by atoms with Gasteiger partial charge in [0.05, 0.1) is 7.17 Å². The molecule has 1 aliphatic carbocycles. The Morgan fingerprint density at radius 1 is 0.618 bits per heavy atom. The Labute approximate surface area is 201 Å². The molecule has 0 N–H and O–H groups in total. The lowest BCUT2D eigenvalue weighted by Crippen LogP contribution is -2.34. The van der Waals surface area contributed by atoms with Crippen LogP contribution in [-0.4, -0.2) is 14.9 Å². The third-order valence-electron chi connectivity index (χ3n) is 7.72. The van der Waals surface area contributed by atoms with Crippen molar-refractivity contribution < 1.29 is 0 Å². The predicted octanol–water partition coefficient (Wildman–Crippen LogP) is 7.84. The second kappa shape index (κ2) is 7.11. The summed E-state index contributed by atoms with van der Waals surface area (Å²) < 4.78 is 0. The molecule has 1 unspecified atom stereocenters. The fraction of sp³-hybridized carbons (Fsp3) is 0.0625. The van der Waals surface area contributed by atoms with E-state index in [1.807, 2.05) is 7.17 Å². The summed E-state index contributed by atoms with van der Waals surface area (Å²) >= 11 is 0. The third kappa shape index (κ3) is 2.51. The Hall–Kier alpha value is -3.77. The molecule has 1 atom stereocenters. The van der Waals surface area contributed by atoms with E-state index in [1.165, 1.54) is 65.7 Å². The van der Waals surface area contributed by atoms with E-state index in [2.05, 4.69) is 116 Å². The van der Waals surface area contributed by atoms with Crippen molar-refractivity contribution in [2.75, 3.05) is 0 Å². The minimum atomic E-state index is -0.384. The molecule has 6 aromatic rings. The molecule has 6 aromatic carbocycles. The molecule has 0 aromatic heterocycles. The van der Waals surface area contributed by atoms with E-state index in [0.29, 0.717) is 0 Å². The second-order valence-corrected chi connectivity index (χ2v) is 9.50. The fourth-order valence-electron chi connectivity index (χ4n) is 6.13. The minimum Gasteiger partial charge on any atom is -0.0619 e. The van der Waals surface area contributed by atoms with Gasteiger partial charge < -0.3 is 0 Å². The zero-order chi connectivity index (χ0) is 22.9. The Morgan fingerprint density at radius 2 is 1.29 bits per heavy atom. The van der Waals surface area contributed by atoms with Crippen LogP contribution in [-0.2, 0) is 5.31 Å². The molecule has 0 heterocycles. The molecule has 155 valence electrons. The molecule has 0 saturated heterocycles. The van der Waals surface area contributed by atoms with Crippen LogP contribution < -0.4 is 0 Å². The van der Waals surface area contributed by atoms with Gasteiger partial charge in [0.15, 0.2) is 0 Å². The molecule has 0 saturated carbocycles. The predicted molar refractivity (Wildman–Crippen MR) is 148 cm³/mol. The monoisotopic (exact) mass is 427 g/mol. The molecular weight excluding hydrogens is 406 g/mol. The molecule has 0 spiro atoms. The van der Waals surface area contributed by atoms with Gasteiger partial charge in [0.1, 0.15) is 0 Å². The number of hydrogen-bond donors (Lipinski definition) is 0. The summed E-state index contributed by atoms with van der Waals surface area (Å²) in [5.74, 6) is 0. The van der Waals surface area contributed by atoms with E-state index in [1.54, 1.807) is 0 Å². The van der Waals surface area contributed by atoms with Crippen LogP contribution >= 0.6 is 0 Å². The number of fused-ring (bicyclic) bond motifs is 5. The summed E-state index contributed by atoms with van der Waals surface area (Å²) in [5, 5.41) is 7.27. The third-order valence-corrected chi connectivity index (χ3v) is 7.72. The average Bonchev–Trinajstić information content (AvgIpc) is 2.90. The fourth-order valence-corrected chi connectivity index (χ4v) is 6.13. The van der Waals surface area contributed by atoms with E-state index >= 15 is 0 Å². The lowest BCUT2D eigenvalue weighted by molar-refractivity contribution is 0.830. The maximum Gasteiger partial charge on any atom is 0.0747 e. The van der Waals surface area contributed by atoms with Crippen molar-refractivity contribution in [3.63, 3.8) is 0 Å². The Bertz CT molecular complexity index is 1760. The van der Waals surface area contributed by atoms with Gasteiger partial charge in [-0.3, -0.25) is 0 Å². The summed E-state index contributed by atoms with van der Waals surface area (Å²) in [4.78, 5) is 0. The number of rotatable bonds is 2. The Balaban J connectivity index is 1.72. The van der Waals surface area contributed by atoms with E-state index in [-0.39, 0.29) is 5.31 Å². The van der Waals surface area contributed by atoms with Gasteiger partial charge in [-0.2, -0.15) is 0 Å². The first-order valence-electron chi connectivity index (χ1n) is 11.8. The molecule has 1 aliphatic rings. The zero-order valence-electron chi connectivity index (χ0n) is 19.0. The zero-order valence-corrected chi connectivity index (χ0v) is 19.0. The summed E-state index contributed by atoms with van der Waals surface area (Å²) in [6.45, 7) is 2.26. The summed E-state index contributed by atoms with van der Waals surface area (Å²) in [6, 6.07) is 39.7. The first-order valence-corrected chi connectivity index (χ1v) is 11.8. The van der Waals surface area contributed by atoms with E-state index in [9.17, 15) is 0 Å². The maximum absolute atomic E-state index is 6.46. The molecule has 0 nitrogen and oxygen atoms in total.